The van der Waals surface area contributed by atoms with Crippen molar-refractivity contribution in [1.29, 1.82) is 0 Å². The van der Waals surface area contributed by atoms with E-state index >= 15 is 4.39 Å². The van der Waals surface area contributed by atoms with E-state index in [9.17, 15) is 9.18 Å². The van der Waals surface area contributed by atoms with E-state index in [-0.39, 0.29) is 23.6 Å². The molecule has 3 heterocycles. The lowest BCUT2D eigenvalue weighted by Crippen LogP contribution is -2.40. The molecule has 1 amide bonds. The lowest BCUT2D eigenvalue weighted by atomic mass is 9.93. The normalized spacial score (nSPS) is 15.1. The second-order valence-corrected chi connectivity index (χ2v) is 11.3. The van der Waals surface area contributed by atoms with E-state index in [1.54, 1.807) is 11.0 Å². The summed E-state index contributed by atoms with van der Waals surface area (Å²) in [4.78, 5) is 25.1. The maximum absolute atomic E-state index is 15.0. The predicted molar refractivity (Wildman–Crippen MR) is 145 cm³/mol. The van der Waals surface area contributed by atoms with Gasteiger partial charge in [-0.2, -0.15) is 0 Å². The van der Waals surface area contributed by atoms with Crippen molar-refractivity contribution in [1.82, 2.24) is 14.9 Å². The summed E-state index contributed by atoms with van der Waals surface area (Å²) < 4.78 is 41.2. The molecule has 0 saturated heterocycles. The number of carbonyl (C=O) groups excluding carboxylic acids is 1. The smallest absolute Gasteiger partial charge is 0.410 e. The van der Waals surface area contributed by atoms with Crippen molar-refractivity contribution in [3.63, 3.8) is 0 Å². The summed E-state index contributed by atoms with van der Waals surface area (Å²) in [5, 5.41) is 0. The number of amides is 1. The van der Waals surface area contributed by atoms with Gasteiger partial charge in [-0.05, 0) is 69.9 Å². The van der Waals surface area contributed by atoms with Gasteiger partial charge in [-0.15, -0.1) is 0 Å². The van der Waals surface area contributed by atoms with Crippen LogP contribution >= 0.6 is 0 Å². The maximum Gasteiger partial charge on any atom is 0.410 e. The number of benzene rings is 2. The molecule has 0 N–H and O–H groups in total. The van der Waals surface area contributed by atoms with Crippen LogP contribution in [0.3, 0.4) is 0 Å². The summed E-state index contributed by atoms with van der Waals surface area (Å²) in [5.41, 5.74) is 3.62. The topological polar surface area (TPSA) is 67.8 Å². The third-order valence-electron chi connectivity index (χ3n) is 6.97. The highest BCUT2D eigenvalue weighted by Crippen LogP contribution is 2.39. The molecule has 5 rings (SSSR count). The van der Waals surface area contributed by atoms with Crippen molar-refractivity contribution in [2.75, 3.05) is 24.6 Å². The Kier molecular flexibility index (Phi) is 7.18. The molecule has 1 aromatic heterocycles. The summed E-state index contributed by atoms with van der Waals surface area (Å²) in [6, 6.07) is 9.09. The van der Waals surface area contributed by atoms with Gasteiger partial charge in [0.15, 0.2) is 17.4 Å². The Morgan fingerprint density at radius 3 is 2.69 bits per heavy atom. The van der Waals surface area contributed by atoms with Crippen molar-refractivity contribution in [3.8, 4) is 17.0 Å². The van der Waals surface area contributed by atoms with Gasteiger partial charge in [0.25, 0.3) is 0 Å². The molecule has 0 spiro atoms. The molecule has 2 aliphatic heterocycles. The molecule has 2 aliphatic rings. The number of nitrogens with zero attached hydrogens (tertiary/aromatic N) is 4. The number of rotatable bonds is 4. The van der Waals surface area contributed by atoms with Gasteiger partial charge in [0.05, 0.1) is 18.4 Å². The first-order valence-corrected chi connectivity index (χ1v) is 13.3. The van der Waals surface area contributed by atoms with Crippen LogP contribution in [0.5, 0.6) is 5.75 Å². The van der Waals surface area contributed by atoms with Crippen LogP contribution < -0.4 is 9.64 Å². The number of aromatic nitrogens is 2. The minimum Gasteiger partial charge on any atom is -0.486 e. The van der Waals surface area contributed by atoms with Crippen molar-refractivity contribution >= 4 is 11.8 Å². The Bertz CT molecular complexity index is 1400. The van der Waals surface area contributed by atoms with Gasteiger partial charge in [0, 0.05) is 31.1 Å². The molecule has 3 aromatic rings. The first-order chi connectivity index (χ1) is 18.5. The minimum atomic E-state index is -0.617. The van der Waals surface area contributed by atoms with E-state index in [0.29, 0.717) is 56.2 Å². The third kappa shape index (κ3) is 5.67. The minimum absolute atomic E-state index is 0.0527. The Morgan fingerprint density at radius 1 is 1.15 bits per heavy atom. The van der Waals surface area contributed by atoms with Crippen molar-refractivity contribution in [3.05, 3.63) is 70.7 Å². The third-order valence-corrected chi connectivity index (χ3v) is 6.97. The summed E-state index contributed by atoms with van der Waals surface area (Å²) in [6.07, 6.45) is 1.87. The predicted octanol–water partition coefficient (Wildman–Crippen LogP) is 5.91. The van der Waals surface area contributed by atoms with Crippen LogP contribution in [0.1, 0.15) is 57.1 Å². The van der Waals surface area contributed by atoms with E-state index < -0.39 is 17.2 Å². The Morgan fingerprint density at radius 2 is 1.95 bits per heavy atom. The highest BCUT2D eigenvalue weighted by molar-refractivity contribution is 5.72. The Balaban J connectivity index is 1.42. The number of hydrogen-bond acceptors (Lipinski definition) is 6. The number of fused-ring (bicyclic) bond motifs is 2. The van der Waals surface area contributed by atoms with Gasteiger partial charge in [0.2, 0.25) is 0 Å². The van der Waals surface area contributed by atoms with E-state index in [1.165, 1.54) is 6.07 Å². The van der Waals surface area contributed by atoms with Crippen LogP contribution in [0.4, 0.5) is 19.3 Å². The van der Waals surface area contributed by atoms with Gasteiger partial charge >= 0.3 is 6.09 Å². The van der Waals surface area contributed by atoms with Crippen LogP contribution in [0.15, 0.2) is 36.5 Å². The van der Waals surface area contributed by atoms with Crippen molar-refractivity contribution in [2.45, 2.75) is 65.6 Å². The van der Waals surface area contributed by atoms with E-state index in [1.807, 2.05) is 57.7 Å². The van der Waals surface area contributed by atoms with E-state index in [2.05, 4.69) is 9.97 Å². The fourth-order valence-corrected chi connectivity index (χ4v) is 5.17. The quantitative estimate of drug-likeness (QED) is 0.413. The average molecular weight is 537 g/mol. The number of hydrogen-bond donors (Lipinski definition) is 0. The molecule has 0 saturated carbocycles. The van der Waals surface area contributed by atoms with Gasteiger partial charge in [-0.3, -0.25) is 0 Å². The average Bonchev–Trinajstić information content (AvgIpc) is 2.88. The number of ether oxygens (including phenoxy) is 2. The summed E-state index contributed by atoms with van der Waals surface area (Å²) in [6.45, 7) is 11.6. The molecular formula is C30H34F2N4O3. The number of carbonyl (C=O) groups is 1. The number of anilines is 1. The Hall–Kier alpha value is -3.75. The van der Waals surface area contributed by atoms with Crippen LogP contribution in [-0.4, -0.2) is 52.3 Å². The Labute approximate surface area is 227 Å². The van der Waals surface area contributed by atoms with Crippen molar-refractivity contribution in [2.24, 2.45) is 0 Å². The SMILES string of the molecule is CC(C)N1CCOc2c(F)cc(-c3nc(Cc4cccc5c4CCN(C(=O)OC(C)(C)C)C5)ncc3F)cc21. The molecule has 0 unspecified atom stereocenters. The number of halogens is 2. The van der Waals surface area contributed by atoms with Crippen molar-refractivity contribution < 1.29 is 23.0 Å². The van der Waals surface area contributed by atoms with Gasteiger partial charge in [-0.1, -0.05) is 18.2 Å². The maximum atomic E-state index is 15.0. The fraction of sp³-hybridized carbons (Fsp3) is 0.433. The lowest BCUT2D eigenvalue weighted by molar-refractivity contribution is 0.0223. The zero-order valence-corrected chi connectivity index (χ0v) is 23.1. The molecule has 0 atom stereocenters. The second kappa shape index (κ2) is 10.4. The molecule has 0 aliphatic carbocycles. The molecule has 39 heavy (non-hydrogen) atoms. The molecule has 0 bridgehead atoms. The van der Waals surface area contributed by atoms with Crippen LogP contribution in [-0.2, 0) is 24.1 Å². The highest BCUT2D eigenvalue weighted by Gasteiger charge is 2.28. The van der Waals surface area contributed by atoms with Crippen LogP contribution in [0.25, 0.3) is 11.3 Å². The summed E-state index contributed by atoms with van der Waals surface area (Å²) in [5.74, 6) is -0.540. The molecule has 0 radical (unpaired) electrons. The standard InChI is InChI=1S/C30H34F2N4O3/c1-18(2)36-11-12-38-28-23(31)13-21(14-25(28)36)27-24(32)16-33-26(34-27)15-19-7-6-8-20-17-35(10-9-22(19)20)29(37)39-30(3,4)5/h6-8,13-14,16,18H,9-12,15,17H2,1-5H3. The fourth-order valence-electron chi connectivity index (χ4n) is 5.17. The highest BCUT2D eigenvalue weighted by atomic mass is 19.1. The molecular weight excluding hydrogens is 502 g/mol. The second-order valence-electron chi connectivity index (χ2n) is 11.3. The first-order valence-electron chi connectivity index (χ1n) is 13.3. The van der Waals surface area contributed by atoms with Gasteiger partial charge < -0.3 is 19.3 Å². The van der Waals surface area contributed by atoms with Crippen LogP contribution in [0.2, 0.25) is 0 Å². The molecule has 0 fully saturated rings. The molecule has 206 valence electrons. The summed E-state index contributed by atoms with van der Waals surface area (Å²) in [7, 11) is 0. The van der Waals surface area contributed by atoms with Gasteiger partial charge in [0.1, 0.15) is 23.7 Å². The van der Waals surface area contributed by atoms with E-state index in [0.717, 1.165) is 22.9 Å². The lowest BCUT2D eigenvalue weighted by Gasteiger charge is -2.34. The van der Waals surface area contributed by atoms with Gasteiger partial charge in [-0.25, -0.2) is 23.5 Å². The van der Waals surface area contributed by atoms with Crippen LogP contribution in [0, 0.1) is 11.6 Å². The molecule has 7 nitrogen and oxygen atoms in total. The summed E-state index contributed by atoms with van der Waals surface area (Å²) >= 11 is 0. The molecule has 9 heteroatoms. The van der Waals surface area contributed by atoms with E-state index in [4.69, 9.17) is 9.47 Å². The zero-order valence-electron chi connectivity index (χ0n) is 23.1. The zero-order chi connectivity index (χ0) is 27.9. The monoisotopic (exact) mass is 536 g/mol. The molecule has 2 aromatic carbocycles. The largest absolute Gasteiger partial charge is 0.486 e. The first kappa shape index (κ1) is 26.8.